The van der Waals surface area contributed by atoms with Crippen LogP contribution in [0.15, 0.2) is 0 Å². The molecule has 3 aliphatic carbocycles. The second-order valence-corrected chi connectivity index (χ2v) is 8.82. The van der Waals surface area contributed by atoms with Gasteiger partial charge in [0.05, 0.1) is 0 Å². The minimum atomic E-state index is 0.431. The van der Waals surface area contributed by atoms with E-state index in [1.165, 1.54) is 109 Å². The molecule has 0 radical (unpaired) electrons. The van der Waals surface area contributed by atoms with Gasteiger partial charge in [-0.25, -0.2) is 0 Å². The predicted molar refractivity (Wildman–Crippen MR) is 97.5 cm³/mol. The van der Waals surface area contributed by atoms with Gasteiger partial charge in [0, 0.05) is 11.8 Å². The van der Waals surface area contributed by atoms with Crippen molar-refractivity contribution in [1.29, 1.82) is 0 Å². The highest BCUT2D eigenvalue weighted by atomic mass is 16.1. The molecular formula is C22H38O. The monoisotopic (exact) mass is 318 g/mol. The first-order valence-electron chi connectivity index (χ1n) is 10.9. The lowest BCUT2D eigenvalue weighted by Gasteiger charge is -2.34. The summed E-state index contributed by atoms with van der Waals surface area (Å²) in [5, 5.41) is 0. The van der Waals surface area contributed by atoms with Crippen molar-refractivity contribution in [2.24, 2.45) is 23.7 Å². The Morgan fingerprint density at radius 2 is 1.22 bits per heavy atom. The third-order valence-electron chi connectivity index (χ3n) is 7.20. The fourth-order valence-electron chi connectivity index (χ4n) is 5.73. The van der Waals surface area contributed by atoms with Crippen LogP contribution in [-0.4, -0.2) is 5.78 Å². The molecule has 3 saturated carbocycles. The van der Waals surface area contributed by atoms with E-state index in [0.717, 1.165) is 11.8 Å². The molecule has 0 aromatic rings. The molecule has 0 amide bonds. The molecule has 1 nitrogen and oxygen atoms in total. The zero-order chi connectivity index (χ0) is 15.9. The van der Waals surface area contributed by atoms with E-state index in [2.05, 4.69) is 0 Å². The zero-order valence-corrected chi connectivity index (χ0v) is 15.2. The molecule has 0 aliphatic heterocycles. The Labute approximate surface area is 144 Å². The summed E-state index contributed by atoms with van der Waals surface area (Å²) in [4.78, 5) is 13.3. The van der Waals surface area contributed by atoms with E-state index >= 15 is 0 Å². The lowest BCUT2D eigenvalue weighted by molar-refractivity contribution is -0.130. The van der Waals surface area contributed by atoms with E-state index in [-0.39, 0.29) is 0 Å². The maximum absolute atomic E-state index is 13.3. The molecule has 3 aliphatic rings. The Hall–Kier alpha value is -0.330. The molecule has 1 unspecified atom stereocenters. The summed E-state index contributed by atoms with van der Waals surface area (Å²) in [7, 11) is 0. The van der Waals surface area contributed by atoms with Crippen LogP contribution in [-0.2, 0) is 4.79 Å². The first kappa shape index (κ1) is 17.5. The second kappa shape index (κ2) is 9.23. The summed E-state index contributed by atoms with van der Waals surface area (Å²) >= 11 is 0. The third kappa shape index (κ3) is 5.07. The molecule has 0 bridgehead atoms. The van der Waals surface area contributed by atoms with Gasteiger partial charge in [0.2, 0.25) is 0 Å². The molecule has 1 atom stereocenters. The molecule has 0 heterocycles. The Balaban J connectivity index is 1.58. The first-order valence-corrected chi connectivity index (χ1v) is 10.9. The largest absolute Gasteiger partial charge is 0.299 e. The molecular weight excluding hydrogens is 280 g/mol. The molecule has 3 rings (SSSR count). The lowest BCUT2D eigenvalue weighted by atomic mass is 9.70. The Bertz CT molecular complexity index is 343. The number of hydrogen-bond donors (Lipinski definition) is 0. The normalized spacial score (nSPS) is 27.0. The molecule has 1 heteroatoms. The van der Waals surface area contributed by atoms with Gasteiger partial charge in [-0.3, -0.25) is 4.79 Å². The highest BCUT2D eigenvalue weighted by Gasteiger charge is 2.34. The highest BCUT2D eigenvalue weighted by molar-refractivity contribution is 5.83. The van der Waals surface area contributed by atoms with Gasteiger partial charge < -0.3 is 0 Å². The van der Waals surface area contributed by atoms with Gasteiger partial charge in [0.1, 0.15) is 5.78 Å². The average molecular weight is 319 g/mol. The van der Waals surface area contributed by atoms with Gasteiger partial charge >= 0.3 is 0 Å². The van der Waals surface area contributed by atoms with E-state index in [1.54, 1.807) is 0 Å². The number of hydrogen-bond acceptors (Lipinski definition) is 1. The van der Waals surface area contributed by atoms with Crippen LogP contribution in [0.3, 0.4) is 0 Å². The fourth-order valence-corrected chi connectivity index (χ4v) is 5.73. The van der Waals surface area contributed by atoms with E-state index in [9.17, 15) is 4.79 Å². The van der Waals surface area contributed by atoms with Gasteiger partial charge in [0.15, 0.2) is 0 Å². The maximum atomic E-state index is 13.3. The Morgan fingerprint density at radius 3 is 1.83 bits per heavy atom. The summed E-state index contributed by atoms with van der Waals surface area (Å²) in [5.74, 6) is 3.24. The minimum absolute atomic E-state index is 0.431. The van der Waals surface area contributed by atoms with Crippen LogP contribution in [0.5, 0.6) is 0 Å². The summed E-state index contributed by atoms with van der Waals surface area (Å²) in [5.41, 5.74) is 0. The van der Waals surface area contributed by atoms with Crippen LogP contribution < -0.4 is 0 Å². The van der Waals surface area contributed by atoms with Crippen molar-refractivity contribution in [3.63, 3.8) is 0 Å². The summed E-state index contributed by atoms with van der Waals surface area (Å²) in [6, 6.07) is 0. The smallest absolute Gasteiger partial charge is 0.139 e. The van der Waals surface area contributed by atoms with Crippen molar-refractivity contribution in [2.75, 3.05) is 0 Å². The van der Waals surface area contributed by atoms with E-state index in [0.29, 0.717) is 17.6 Å². The van der Waals surface area contributed by atoms with E-state index in [4.69, 9.17) is 0 Å². The lowest BCUT2D eigenvalue weighted by Crippen LogP contribution is -2.32. The topological polar surface area (TPSA) is 17.1 Å². The van der Waals surface area contributed by atoms with E-state index < -0.39 is 0 Å². The molecule has 132 valence electrons. The maximum Gasteiger partial charge on any atom is 0.139 e. The van der Waals surface area contributed by atoms with Crippen molar-refractivity contribution in [1.82, 2.24) is 0 Å². The molecule has 0 aromatic heterocycles. The summed E-state index contributed by atoms with van der Waals surface area (Å²) in [6.45, 7) is 0. The molecule has 0 N–H and O–H groups in total. The Kier molecular flexibility index (Phi) is 7.02. The standard InChI is InChI=1S/C22H38O/c23-22(20-14-8-3-9-15-20)21(19-12-6-2-7-13-19)17-16-18-10-4-1-5-11-18/h18-21H,1-17H2. The molecule has 0 aromatic carbocycles. The average Bonchev–Trinajstić information content (AvgIpc) is 2.64. The van der Waals surface area contributed by atoms with Gasteiger partial charge in [-0.05, 0) is 50.4 Å². The van der Waals surface area contributed by atoms with Gasteiger partial charge in [0.25, 0.3) is 0 Å². The van der Waals surface area contributed by atoms with E-state index in [1.807, 2.05) is 0 Å². The molecule has 0 saturated heterocycles. The number of ketones is 1. The Morgan fingerprint density at radius 1 is 0.696 bits per heavy atom. The van der Waals surface area contributed by atoms with Crippen molar-refractivity contribution < 1.29 is 4.79 Å². The zero-order valence-electron chi connectivity index (χ0n) is 15.2. The number of carbonyl (C=O) groups excluding carboxylic acids is 1. The van der Waals surface area contributed by atoms with Crippen molar-refractivity contribution >= 4 is 5.78 Å². The van der Waals surface area contributed by atoms with Crippen LogP contribution in [0.1, 0.15) is 109 Å². The highest BCUT2D eigenvalue weighted by Crippen LogP contribution is 2.39. The molecule has 23 heavy (non-hydrogen) atoms. The second-order valence-electron chi connectivity index (χ2n) is 8.82. The van der Waals surface area contributed by atoms with Crippen molar-refractivity contribution in [3.8, 4) is 0 Å². The SMILES string of the molecule is O=C(C1CCCCC1)C(CCC1CCCCC1)C1CCCCC1. The number of rotatable bonds is 6. The molecule has 0 spiro atoms. The summed E-state index contributed by atoms with van der Waals surface area (Å²) < 4.78 is 0. The quantitative estimate of drug-likeness (QED) is 0.533. The van der Waals surface area contributed by atoms with Gasteiger partial charge in [-0.1, -0.05) is 70.6 Å². The molecule has 3 fully saturated rings. The van der Waals surface area contributed by atoms with Gasteiger partial charge in [-0.2, -0.15) is 0 Å². The number of Topliss-reactive ketones (excluding diaryl/α,β-unsaturated/α-hetero) is 1. The number of carbonyl (C=O) groups is 1. The fraction of sp³-hybridized carbons (Fsp3) is 0.955. The van der Waals surface area contributed by atoms with Crippen molar-refractivity contribution in [3.05, 3.63) is 0 Å². The van der Waals surface area contributed by atoms with Crippen LogP contribution in [0, 0.1) is 23.7 Å². The first-order chi connectivity index (χ1) is 11.3. The van der Waals surface area contributed by atoms with Crippen molar-refractivity contribution in [2.45, 2.75) is 109 Å². The van der Waals surface area contributed by atoms with Crippen LogP contribution in [0.4, 0.5) is 0 Å². The minimum Gasteiger partial charge on any atom is -0.299 e. The van der Waals surface area contributed by atoms with Gasteiger partial charge in [-0.15, -0.1) is 0 Å². The third-order valence-corrected chi connectivity index (χ3v) is 7.20. The van der Waals surface area contributed by atoms with Crippen LogP contribution in [0.2, 0.25) is 0 Å². The van der Waals surface area contributed by atoms with Crippen LogP contribution in [0.25, 0.3) is 0 Å². The predicted octanol–water partition coefficient (Wildman–Crippen LogP) is 6.69. The van der Waals surface area contributed by atoms with Crippen LogP contribution >= 0.6 is 0 Å². The summed E-state index contributed by atoms with van der Waals surface area (Å²) in [6.07, 6.45) is 23.0.